The van der Waals surface area contributed by atoms with Crippen LogP contribution in [-0.2, 0) is 0 Å². The Hall–Kier alpha value is -5.35. The van der Waals surface area contributed by atoms with Gasteiger partial charge in [-0.2, -0.15) is 3.97 Å². The lowest BCUT2D eigenvalue weighted by Gasteiger charge is -2.27. The first-order chi connectivity index (χ1) is 24.4. The molecule has 0 saturated carbocycles. The summed E-state index contributed by atoms with van der Waals surface area (Å²) in [5.74, 6) is 3.12. The fraction of sp³-hybridized carbons (Fsp3) is 0.200. The Morgan fingerprint density at radius 1 is 0.580 bits per heavy atom. The van der Waals surface area contributed by atoms with Gasteiger partial charge in [0.05, 0.1) is 43.3 Å². The smallest absolute Gasteiger partial charge is 0.349 e. The zero-order valence-corrected chi connectivity index (χ0v) is 29.2. The van der Waals surface area contributed by atoms with Crippen LogP contribution in [-0.4, -0.2) is 45.9 Å². The second kappa shape index (κ2) is 13.9. The monoisotopic (exact) mass is 694 g/mol. The number of hydrogen-bond donors (Lipinski definition) is 0. The Morgan fingerprint density at radius 3 is 1.46 bits per heavy atom. The van der Waals surface area contributed by atoms with Crippen LogP contribution in [0.15, 0.2) is 114 Å². The van der Waals surface area contributed by atoms with E-state index in [0.29, 0.717) is 83.1 Å². The Labute approximate surface area is 292 Å². The number of hydrogen-bond acceptors (Lipinski definition) is 5. The lowest BCUT2D eigenvalue weighted by molar-refractivity contribution is -0.226. The van der Waals surface area contributed by atoms with Crippen molar-refractivity contribution in [3.05, 3.63) is 120 Å². The fourth-order valence-electron chi connectivity index (χ4n) is 6.20. The molecule has 0 N–H and O–H groups in total. The summed E-state index contributed by atoms with van der Waals surface area (Å²) in [6.07, 6.45) is 1.81. The minimum Gasteiger partial charge on any atom is -0.494 e. The van der Waals surface area contributed by atoms with Gasteiger partial charge in [-0.25, -0.2) is 0 Å². The molecule has 50 heavy (non-hydrogen) atoms. The van der Waals surface area contributed by atoms with Gasteiger partial charge >= 0.3 is 17.0 Å². The molecule has 2 aliphatic rings. The Kier molecular flexibility index (Phi) is 9.20. The maximum Gasteiger partial charge on any atom is 0.349 e. The highest BCUT2D eigenvalue weighted by Gasteiger charge is 2.53. The van der Waals surface area contributed by atoms with Gasteiger partial charge in [-0.3, -0.25) is 0 Å². The number of ether oxygens (including phenoxy) is 4. The van der Waals surface area contributed by atoms with E-state index in [1.54, 1.807) is 24.3 Å². The Bertz CT molecular complexity index is 2100. The largest absolute Gasteiger partial charge is 0.494 e. The van der Waals surface area contributed by atoms with Crippen molar-refractivity contribution in [3.8, 4) is 45.4 Å². The van der Waals surface area contributed by atoms with Gasteiger partial charge in [-0.1, -0.05) is 32.0 Å². The molecule has 0 spiro atoms. The lowest BCUT2D eigenvalue weighted by atomic mass is 10.0. The molecule has 5 aromatic rings. The highest BCUT2D eigenvalue weighted by atomic mass is 32.3. The number of fused-ring (bicyclic) bond motifs is 2. The molecule has 3 heterocycles. The molecule has 1 aromatic heterocycles. The van der Waals surface area contributed by atoms with Crippen LogP contribution >= 0.6 is 11.2 Å². The SMILES string of the molecule is CCOc1ccc(C2=CC(c3ccc(OCC)cc3)=[N+]3C2=Nc2c(-c4ccc(OCC)cc4)cc(-c4ccc(OCC)cc4)n2S3(F)F)cc1. The fourth-order valence-corrected chi connectivity index (χ4v) is 7.85. The van der Waals surface area contributed by atoms with Gasteiger partial charge in [-0.15, -0.1) is 3.98 Å². The molecule has 2 aliphatic heterocycles. The van der Waals surface area contributed by atoms with E-state index in [4.69, 9.17) is 23.9 Å². The maximum atomic E-state index is 17.7. The summed E-state index contributed by atoms with van der Waals surface area (Å²) in [5, 5.41) is 0. The molecule has 0 aliphatic carbocycles. The standard InChI is InChI=1S/C40H38F2N3O4S/c1-5-46-31-17-9-27(10-18-31)35-25-37(29-13-21-33(22-14-29)48-7-3)44-39(35)43-40-36(28-11-19-32(20-12-28)47-6-2)26-38(45(40)50(44,41)42)30-15-23-34(24-16-30)49-8-4/h9-26H,5-8H2,1-4H3/q+1. The van der Waals surface area contributed by atoms with Gasteiger partial charge in [0.25, 0.3) is 5.82 Å². The molecule has 256 valence electrons. The number of benzene rings is 4. The zero-order valence-electron chi connectivity index (χ0n) is 28.4. The van der Waals surface area contributed by atoms with E-state index in [1.807, 2.05) is 113 Å². The van der Waals surface area contributed by atoms with E-state index < -0.39 is 11.2 Å². The van der Waals surface area contributed by atoms with E-state index in [0.717, 1.165) is 19.1 Å². The second-order valence-corrected chi connectivity index (χ2v) is 13.0. The summed E-state index contributed by atoms with van der Waals surface area (Å²) in [7, 11) is 0. The highest BCUT2D eigenvalue weighted by molar-refractivity contribution is 8.19. The lowest BCUT2D eigenvalue weighted by Crippen LogP contribution is -2.29. The predicted octanol–water partition coefficient (Wildman–Crippen LogP) is 10.3. The van der Waals surface area contributed by atoms with Crippen molar-refractivity contribution in [2.75, 3.05) is 26.4 Å². The van der Waals surface area contributed by atoms with Crippen LogP contribution in [0.1, 0.15) is 38.8 Å². The Morgan fingerprint density at radius 2 is 1.00 bits per heavy atom. The van der Waals surface area contributed by atoms with E-state index >= 15 is 7.77 Å². The van der Waals surface area contributed by atoms with Gasteiger partial charge in [-0.05, 0) is 128 Å². The predicted molar refractivity (Wildman–Crippen MR) is 198 cm³/mol. The van der Waals surface area contributed by atoms with Gasteiger partial charge in [0.2, 0.25) is 0 Å². The van der Waals surface area contributed by atoms with Crippen molar-refractivity contribution in [1.82, 2.24) is 3.97 Å². The number of halogens is 2. The molecule has 0 radical (unpaired) electrons. The third kappa shape index (κ3) is 6.04. The minimum atomic E-state index is -4.78. The number of aromatic nitrogens is 1. The molecule has 0 fully saturated rings. The number of nitrogens with zero attached hydrogens (tertiary/aromatic N) is 3. The van der Waals surface area contributed by atoms with Crippen molar-refractivity contribution >= 4 is 34.1 Å². The zero-order chi connectivity index (χ0) is 34.8. The molecule has 0 amide bonds. The molecule has 7 nitrogen and oxygen atoms in total. The van der Waals surface area contributed by atoms with Gasteiger partial charge < -0.3 is 18.9 Å². The first-order valence-electron chi connectivity index (χ1n) is 16.8. The van der Waals surface area contributed by atoms with Crippen molar-refractivity contribution < 1.29 is 30.7 Å². The summed E-state index contributed by atoms with van der Waals surface area (Å²) in [6, 6.07) is 31.2. The highest BCUT2D eigenvalue weighted by Crippen LogP contribution is 2.64. The van der Waals surface area contributed by atoms with Crippen molar-refractivity contribution in [1.29, 1.82) is 0 Å². The van der Waals surface area contributed by atoms with Crippen molar-refractivity contribution in [3.63, 3.8) is 0 Å². The average molecular weight is 695 g/mol. The number of allylic oxidation sites excluding steroid dienone is 1. The van der Waals surface area contributed by atoms with Crippen LogP contribution in [0.2, 0.25) is 0 Å². The third-order valence-electron chi connectivity index (χ3n) is 8.39. The topological polar surface area (TPSA) is 57.2 Å². The van der Waals surface area contributed by atoms with Crippen molar-refractivity contribution in [2.45, 2.75) is 27.7 Å². The molecule has 0 unspecified atom stereocenters. The van der Waals surface area contributed by atoms with Gasteiger partial charge in [0.15, 0.2) is 5.71 Å². The van der Waals surface area contributed by atoms with Gasteiger partial charge in [0.1, 0.15) is 23.0 Å². The summed E-state index contributed by atoms with van der Waals surface area (Å²) in [4.78, 5) is 5.12. The van der Waals surface area contributed by atoms with Crippen LogP contribution < -0.4 is 18.9 Å². The van der Waals surface area contributed by atoms with E-state index in [-0.39, 0.29) is 11.7 Å². The summed E-state index contributed by atoms with van der Waals surface area (Å²) < 4.78 is 60.4. The number of amidine groups is 1. The number of aliphatic imine (C=N–C) groups is 1. The molecule has 0 bridgehead atoms. The van der Waals surface area contributed by atoms with Crippen LogP contribution in [0.4, 0.5) is 13.6 Å². The summed E-state index contributed by atoms with van der Waals surface area (Å²) in [6.45, 7) is 9.71. The quantitative estimate of drug-likeness (QED) is 0.122. The van der Waals surface area contributed by atoms with E-state index in [1.165, 1.54) is 0 Å². The third-order valence-corrected chi connectivity index (χ3v) is 10.0. The van der Waals surface area contributed by atoms with Crippen LogP contribution in [0, 0.1) is 0 Å². The molecule has 7 rings (SSSR count). The minimum absolute atomic E-state index is 0.189. The molecular weight excluding hydrogens is 657 g/mol. The van der Waals surface area contributed by atoms with E-state index in [2.05, 4.69) is 0 Å². The molecule has 4 aromatic carbocycles. The van der Waals surface area contributed by atoms with Crippen molar-refractivity contribution in [2.24, 2.45) is 4.99 Å². The summed E-state index contributed by atoms with van der Waals surface area (Å²) in [5.41, 5.74) is 4.66. The van der Waals surface area contributed by atoms with Crippen LogP contribution in [0.25, 0.3) is 28.0 Å². The molecule has 0 saturated heterocycles. The first-order valence-corrected chi connectivity index (χ1v) is 18.1. The maximum absolute atomic E-state index is 17.7. The van der Waals surface area contributed by atoms with Crippen LogP contribution in [0.3, 0.4) is 0 Å². The van der Waals surface area contributed by atoms with E-state index in [9.17, 15) is 0 Å². The molecule has 10 heteroatoms. The molecule has 0 atom stereocenters. The van der Waals surface area contributed by atoms with Crippen LogP contribution in [0.5, 0.6) is 23.0 Å². The second-order valence-electron chi connectivity index (χ2n) is 11.5. The normalized spacial score (nSPS) is 15.1. The summed E-state index contributed by atoms with van der Waals surface area (Å²) >= 11 is -4.78. The Balaban J connectivity index is 1.47. The average Bonchev–Trinajstić information content (AvgIpc) is 3.71. The van der Waals surface area contributed by atoms with Gasteiger partial charge in [0, 0.05) is 11.6 Å². The first kappa shape index (κ1) is 33.2. The molecular formula is C40H38F2N3O4S+. The number of rotatable bonds is 12.